The lowest BCUT2D eigenvalue weighted by atomic mass is 10.1. The third-order valence-corrected chi connectivity index (χ3v) is 3.20. The molecule has 1 amide bonds. The highest BCUT2D eigenvalue weighted by Crippen LogP contribution is 2.09. The SMILES string of the molecule is CC1NCCCCN(Cc2ccccc2)C1=O. The van der Waals surface area contributed by atoms with Crippen LogP contribution >= 0.6 is 0 Å². The third-order valence-electron chi connectivity index (χ3n) is 3.20. The summed E-state index contributed by atoms with van der Waals surface area (Å²) in [6.45, 7) is 4.50. The van der Waals surface area contributed by atoms with Crippen LogP contribution in [-0.2, 0) is 11.3 Å². The number of amides is 1. The van der Waals surface area contributed by atoms with Gasteiger partial charge in [0.05, 0.1) is 6.04 Å². The van der Waals surface area contributed by atoms with Crippen molar-refractivity contribution in [2.24, 2.45) is 0 Å². The Balaban J connectivity index is 2.04. The lowest BCUT2D eigenvalue weighted by Crippen LogP contribution is -2.47. The predicted octanol–water partition coefficient (Wildman–Crippen LogP) is 1.79. The summed E-state index contributed by atoms with van der Waals surface area (Å²) in [6.07, 6.45) is 2.22. The first-order valence-electron chi connectivity index (χ1n) is 6.33. The maximum Gasteiger partial charge on any atom is 0.239 e. The molecule has 1 unspecified atom stereocenters. The second kappa shape index (κ2) is 5.82. The Morgan fingerprint density at radius 2 is 2.06 bits per heavy atom. The van der Waals surface area contributed by atoms with Crippen molar-refractivity contribution in [3.05, 3.63) is 35.9 Å². The molecule has 17 heavy (non-hydrogen) atoms. The van der Waals surface area contributed by atoms with Crippen LogP contribution in [0.3, 0.4) is 0 Å². The Kier molecular flexibility index (Phi) is 4.15. The van der Waals surface area contributed by atoms with Gasteiger partial charge in [-0.15, -0.1) is 0 Å². The minimum absolute atomic E-state index is 0.0565. The summed E-state index contributed by atoms with van der Waals surface area (Å²) >= 11 is 0. The molecule has 1 fully saturated rings. The first-order valence-corrected chi connectivity index (χ1v) is 6.33. The predicted molar refractivity (Wildman–Crippen MR) is 68.6 cm³/mol. The normalized spacial score (nSPS) is 22.1. The van der Waals surface area contributed by atoms with Crippen molar-refractivity contribution in [3.63, 3.8) is 0 Å². The average Bonchev–Trinajstić information content (AvgIpc) is 2.36. The fourth-order valence-electron chi connectivity index (χ4n) is 2.18. The number of hydrogen-bond donors (Lipinski definition) is 1. The van der Waals surface area contributed by atoms with Gasteiger partial charge >= 0.3 is 0 Å². The lowest BCUT2D eigenvalue weighted by molar-refractivity contribution is -0.134. The second-order valence-corrected chi connectivity index (χ2v) is 4.63. The first-order chi connectivity index (χ1) is 8.27. The van der Waals surface area contributed by atoms with Crippen molar-refractivity contribution in [1.29, 1.82) is 0 Å². The van der Waals surface area contributed by atoms with Gasteiger partial charge in [-0.25, -0.2) is 0 Å². The van der Waals surface area contributed by atoms with Gasteiger partial charge in [0.1, 0.15) is 0 Å². The number of carbonyl (C=O) groups is 1. The average molecular weight is 232 g/mol. The molecule has 2 rings (SSSR count). The molecule has 1 aromatic rings. The molecule has 0 bridgehead atoms. The summed E-state index contributed by atoms with van der Waals surface area (Å²) in [6, 6.07) is 10.1. The largest absolute Gasteiger partial charge is 0.337 e. The molecule has 0 aliphatic carbocycles. The Labute approximate surface area is 103 Å². The van der Waals surface area contributed by atoms with Crippen molar-refractivity contribution in [1.82, 2.24) is 10.2 Å². The van der Waals surface area contributed by atoms with Gasteiger partial charge < -0.3 is 10.2 Å². The van der Waals surface area contributed by atoms with E-state index in [-0.39, 0.29) is 11.9 Å². The van der Waals surface area contributed by atoms with Gasteiger partial charge in [-0.2, -0.15) is 0 Å². The van der Waals surface area contributed by atoms with E-state index in [4.69, 9.17) is 0 Å². The van der Waals surface area contributed by atoms with Crippen LogP contribution < -0.4 is 5.32 Å². The molecular formula is C14H20N2O. The molecule has 1 N–H and O–H groups in total. The number of rotatable bonds is 2. The summed E-state index contributed by atoms with van der Waals surface area (Å²) in [5, 5.41) is 3.26. The highest BCUT2D eigenvalue weighted by Gasteiger charge is 2.21. The van der Waals surface area contributed by atoms with Crippen LogP contribution in [0.15, 0.2) is 30.3 Å². The monoisotopic (exact) mass is 232 g/mol. The van der Waals surface area contributed by atoms with Gasteiger partial charge in [-0.05, 0) is 31.9 Å². The van der Waals surface area contributed by atoms with Crippen LogP contribution in [0.4, 0.5) is 0 Å². The van der Waals surface area contributed by atoms with E-state index in [1.807, 2.05) is 30.0 Å². The van der Waals surface area contributed by atoms with E-state index in [0.29, 0.717) is 0 Å². The number of carbonyl (C=O) groups excluding carboxylic acids is 1. The van der Waals surface area contributed by atoms with Gasteiger partial charge in [-0.3, -0.25) is 4.79 Å². The molecule has 1 heterocycles. The maximum absolute atomic E-state index is 12.2. The maximum atomic E-state index is 12.2. The van der Waals surface area contributed by atoms with E-state index in [1.54, 1.807) is 0 Å². The van der Waals surface area contributed by atoms with Gasteiger partial charge in [0.25, 0.3) is 0 Å². The zero-order valence-corrected chi connectivity index (χ0v) is 10.4. The number of nitrogens with zero attached hydrogens (tertiary/aromatic N) is 1. The standard InChI is InChI=1S/C14H20N2O/c1-12-14(17)16(10-6-5-9-15-12)11-13-7-3-2-4-8-13/h2-4,7-8,12,15H,5-6,9-11H2,1H3. The summed E-state index contributed by atoms with van der Waals surface area (Å²) in [5.41, 5.74) is 1.20. The number of benzene rings is 1. The lowest BCUT2D eigenvalue weighted by Gasteiger charge is -2.28. The molecule has 1 aliphatic heterocycles. The van der Waals surface area contributed by atoms with Crippen LogP contribution in [0.5, 0.6) is 0 Å². The summed E-state index contributed by atoms with van der Waals surface area (Å²) in [5.74, 6) is 0.216. The van der Waals surface area contributed by atoms with Crippen LogP contribution in [0.2, 0.25) is 0 Å². The van der Waals surface area contributed by atoms with Gasteiger partial charge in [0.15, 0.2) is 0 Å². The van der Waals surface area contributed by atoms with E-state index < -0.39 is 0 Å². The van der Waals surface area contributed by atoms with Crippen LogP contribution in [0.1, 0.15) is 25.3 Å². The van der Waals surface area contributed by atoms with Crippen LogP contribution in [0, 0.1) is 0 Å². The molecule has 0 spiro atoms. The minimum Gasteiger partial charge on any atom is -0.337 e. The van der Waals surface area contributed by atoms with Crippen LogP contribution in [-0.4, -0.2) is 29.9 Å². The van der Waals surface area contributed by atoms with E-state index in [2.05, 4.69) is 17.4 Å². The van der Waals surface area contributed by atoms with Crippen molar-refractivity contribution in [2.75, 3.05) is 13.1 Å². The molecule has 92 valence electrons. The summed E-state index contributed by atoms with van der Waals surface area (Å²) < 4.78 is 0. The molecule has 3 nitrogen and oxygen atoms in total. The zero-order chi connectivity index (χ0) is 12.1. The molecular weight excluding hydrogens is 212 g/mol. The molecule has 1 aromatic carbocycles. The molecule has 0 aromatic heterocycles. The van der Waals surface area contributed by atoms with Crippen molar-refractivity contribution in [2.45, 2.75) is 32.4 Å². The van der Waals surface area contributed by atoms with Crippen molar-refractivity contribution < 1.29 is 4.79 Å². The topological polar surface area (TPSA) is 32.3 Å². The number of hydrogen-bond acceptors (Lipinski definition) is 2. The summed E-state index contributed by atoms with van der Waals surface area (Å²) in [4.78, 5) is 14.1. The van der Waals surface area contributed by atoms with E-state index in [1.165, 1.54) is 5.56 Å². The number of nitrogens with one attached hydrogen (secondary N) is 1. The quantitative estimate of drug-likeness (QED) is 0.843. The second-order valence-electron chi connectivity index (χ2n) is 4.63. The smallest absolute Gasteiger partial charge is 0.239 e. The van der Waals surface area contributed by atoms with Gasteiger partial charge in [-0.1, -0.05) is 30.3 Å². The van der Waals surface area contributed by atoms with Crippen LogP contribution in [0.25, 0.3) is 0 Å². The fraction of sp³-hybridized carbons (Fsp3) is 0.500. The Morgan fingerprint density at radius 1 is 1.29 bits per heavy atom. The zero-order valence-electron chi connectivity index (χ0n) is 10.4. The fourth-order valence-corrected chi connectivity index (χ4v) is 2.18. The van der Waals surface area contributed by atoms with Crippen molar-refractivity contribution >= 4 is 5.91 Å². The van der Waals surface area contributed by atoms with E-state index in [9.17, 15) is 4.79 Å². The highest BCUT2D eigenvalue weighted by atomic mass is 16.2. The molecule has 1 saturated heterocycles. The molecule has 1 atom stereocenters. The van der Waals surface area contributed by atoms with E-state index in [0.717, 1.165) is 32.5 Å². The molecule has 3 heteroatoms. The Bertz CT molecular complexity index is 364. The van der Waals surface area contributed by atoms with E-state index >= 15 is 0 Å². The third kappa shape index (κ3) is 3.30. The van der Waals surface area contributed by atoms with Gasteiger partial charge in [0.2, 0.25) is 5.91 Å². The molecule has 0 radical (unpaired) electrons. The Hall–Kier alpha value is -1.35. The molecule has 0 saturated carbocycles. The highest BCUT2D eigenvalue weighted by molar-refractivity contribution is 5.81. The van der Waals surface area contributed by atoms with Gasteiger partial charge in [0, 0.05) is 13.1 Å². The minimum atomic E-state index is -0.0565. The molecule has 1 aliphatic rings. The first kappa shape index (κ1) is 12.1. The summed E-state index contributed by atoms with van der Waals surface area (Å²) in [7, 11) is 0. The Morgan fingerprint density at radius 3 is 2.82 bits per heavy atom. The van der Waals surface area contributed by atoms with Crippen molar-refractivity contribution in [3.8, 4) is 0 Å².